The Hall–Kier alpha value is -8.98. The van der Waals surface area contributed by atoms with Crippen LogP contribution >= 0.6 is 0 Å². The fourth-order valence-corrected chi connectivity index (χ4v) is 12.0. The summed E-state index contributed by atoms with van der Waals surface area (Å²) in [6.45, 7) is 0. The van der Waals surface area contributed by atoms with Gasteiger partial charge in [-0.05, 0) is 115 Å². The third-order valence-corrected chi connectivity index (χ3v) is 14.8. The van der Waals surface area contributed by atoms with Gasteiger partial charge in [-0.15, -0.1) is 0 Å². The van der Waals surface area contributed by atoms with E-state index >= 15 is 0 Å². The summed E-state index contributed by atoms with van der Waals surface area (Å²) < 4.78 is 2.52. The lowest BCUT2D eigenvalue weighted by Gasteiger charge is -2.39. The first-order valence-electron chi connectivity index (χ1n) is 23.9. The molecule has 2 heterocycles. The highest BCUT2D eigenvalue weighted by molar-refractivity contribution is 6.13. The lowest BCUT2D eigenvalue weighted by Crippen LogP contribution is -2.33. The van der Waals surface area contributed by atoms with Crippen molar-refractivity contribution in [2.75, 3.05) is 4.90 Å². The maximum atomic E-state index is 2.52. The predicted octanol–water partition coefficient (Wildman–Crippen LogP) is 17.6. The van der Waals surface area contributed by atoms with Gasteiger partial charge in [-0.2, -0.15) is 0 Å². The first kappa shape index (κ1) is 39.2. The molecule has 0 saturated carbocycles. The van der Waals surface area contributed by atoms with E-state index in [1.165, 1.54) is 105 Å². The van der Waals surface area contributed by atoms with Crippen LogP contribution in [0.1, 0.15) is 22.3 Å². The molecule has 0 radical (unpaired) electrons. The van der Waals surface area contributed by atoms with Crippen LogP contribution in [0.4, 0.5) is 17.1 Å². The summed E-state index contributed by atoms with van der Waals surface area (Å²) in [6.07, 6.45) is 0. The van der Waals surface area contributed by atoms with Crippen molar-refractivity contribution in [3.05, 3.63) is 289 Å². The first-order chi connectivity index (χ1) is 34.3. The molecule has 11 aromatic carbocycles. The van der Waals surface area contributed by atoms with Crippen LogP contribution in [0, 0.1) is 0 Å². The Morgan fingerprint density at radius 1 is 0.290 bits per heavy atom. The molecular weight excluding hydrogens is 833 g/mol. The third kappa shape index (κ3) is 5.79. The topological polar surface area (TPSA) is 8.17 Å². The van der Waals surface area contributed by atoms with E-state index in [0.717, 1.165) is 17.1 Å². The summed E-state index contributed by atoms with van der Waals surface area (Å²) in [7, 11) is 0. The van der Waals surface area contributed by atoms with Gasteiger partial charge in [0.15, 0.2) is 0 Å². The standard InChI is InChI=1S/C67H44N2/c1-3-19-45(20-4-1)51-23-7-8-24-52(51)47-37-41-49(42-38-47)68(62-34-14-10-25-53(62)46-21-5-2-6-22-46)50-43-39-48(40-44-50)54-28-17-32-60-65(54)57-27-9-12-30-58(57)67(60)59-31-13-16-36-64(59)69-63-35-15-11-26-55(63)56-29-18-33-61(67)66(56)69/h1-44H. The number of fused-ring (bicyclic) bond motifs is 12. The number of para-hydroxylation sites is 4. The Labute approximate surface area is 402 Å². The van der Waals surface area contributed by atoms with Gasteiger partial charge >= 0.3 is 0 Å². The Morgan fingerprint density at radius 3 is 1.46 bits per heavy atom. The number of aromatic nitrogens is 1. The first-order valence-corrected chi connectivity index (χ1v) is 23.9. The van der Waals surface area contributed by atoms with E-state index < -0.39 is 5.41 Å². The second kappa shape index (κ2) is 15.6. The van der Waals surface area contributed by atoms with E-state index in [9.17, 15) is 0 Å². The van der Waals surface area contributed by atoms with Crippen LogP contribution in [0.25, 0.3) is 83.1 Å². The van der Waals surface area contributed by atoms with Crippen LogP contribution in [0.3, 0.4) is 0 Å². The van der Waals surface area contributed by atoms with Crippen molar-refractivity contribution in [3.63, 3.8) is 0 Å². The fourth-order valence-electron chi connectivity index (χ4n) is 12.0. The van der Waals surface area contributed by atoms with Gasteiger partial charge in [0.2, 0.25) is 0 Å². The maximum absolute atomic E-state index is 2.52. The van der Waals surface area contributed by atoms with Crippen LogP contribution in [-0.2, 0) is 5.41 Å². The molecule has 14 rings (SSSR count). The number of benzene rings is 11. The normalized spacial score (nSPS) is 14.1. The number of hydrogen-bond donors (Lipinski definition) is 0. The largest absolute Gasteiger partial charge is 0.310 e. The maximum Gasteiger partial charge on any atom is 0.0754 e. The van der Waals surface area contributed by atoms with Gasteiger partial charge in [0, 0.05) is 27.7 Å². The summed E-state index contributed by atoms with van der Waals surface area (Å²) >= 11 is 0. The number of rotatable bonds is 7. The zero-order valence-electron chi connectivity index (χ0n) is 37.8. The zero-order chi connectivity index (χ0) is 45.5. The highest BCUT2D eigenvalue weighted by atomic mass is 15.1. The Morgan fingerprint density at radius 2 is 0.754 bits per heavy atom. The molecule has 0 N–H and O–H groups in total. The molecule has 2 nitrogen and oxygen atoms in total. The fraction of sp³-hybridized carbons (Fsp3) is 0.0149. The van der Waals surface area contributed by atoms with Crippen molar-refractivity contribution in [2.45, 2.75) is 5.41 Å². The highest BCUT2D eigenvalue weighted by Gasteiger charge is 2.51. The van der Waals surface area contributed by atoms with Gasteiger partial charge in [-0.3, -0.25) is 0 Å². The number of hydrogen-bond acceptors (Lipinski definition) is 1. The molecule has 1 atom stereocenters. The minimum absolute atomic E-state index is 0.506. The van der Waals surface area contributed by atoms with E-state index in [-0.39, 0.29) is 0 Å². The number of anilines is 3. The van der Waals surface area contributed by atoms with E-state index in [2.05, 4.69) is 276 Å². The van der Waals surface area contributed by atoms with Crippen LogP contribution in [0.5, 0.6) is 0 Å². The molecule has 0 saturated heterocycles. The van der Waals surface area contributed by atoms with Gasteiger partial charge in [0.25, 0.3) is 0 Å². The monoisotopic (exact) mass is 876 g/mol. The minimum atomic E-state index is -0.506. The summed E-state index contributed by atoms with van der Waals surface area (Å²) in [6, 6.07) is 98.4. The second-order valence-corrected chi connectivity index (χ2v) is 18.3. The van der Waals surface area contributed by atoms with Crippen molar-refractivity contribution >= 4 is 38.9 Å². The van der Waals surface area contributed by atoms with Gasteiger partial charge in [-0.1, -0.05) is 224 Å². The molecule has 1 aromatic heterocycles. The van der Waals surface area contributed by atoms with E-state index in [1.54, 1.807) is 0 Å². The van der Waals surface area contributed by atoms with Gasteiger partial charge in [-0.25, -0.2) is 0 Å². The summed E-state index contributed by atoms with van der Waals surface area (Å²) in [4.78, 5) is 2.41. The molecule has 2 heteroatoms. The predicted molar refractivity (Wildman–Crippen MR) is 288 cm³/mol. The zero-order valence-corrected chi connectivity index (χ0v) is 37.8. The van der Waals surface area contributed by atoms with E-state index in [1.807, 2.05) is 0 Å². The van der Waals surface area contributed by atoms with Crippen LogP contribution < -0.4 is 4.90 Å². The van der Waals surface area contributed by atoms with Gasteiger partial charge < -0.3 is 9.47 Å². The Kier molecular flexibility index (Phi) is 8.84. The van der Waals surface area contributed by atoms with Crippen molar-refractivity contribution in [1.29, 1.82) is 0 Å². The van der Waals surface area contributed by atoms with Crippen molar-refractivity contribution in [3.8, 4) is 61.3 Å². The SMILES string of the molecule is c1ccc(-c2ccccc2-c2ccc(N(c3ccc(-c4cccc5c4-c4ccccc4C54c5ccccc5-n5c6ccccc6c6cccc4c65)cc3)c3ccccc3-c3ccccc3)cc2)cc1. The van der Waals surface area contributed by atoms with Crippen molar-refractivity contribution < 1.29 is 0 Å². The third-order valence-electron chi connectivity index (χ3n) is 14.8. The van der Waals surface area contributed by atoms with Crippen LogP contribution in [-0.4, -0.2) is 4.57 Å². The Bertz CT molecular complexity index is 3940. The molecule has 322 valence electrons. The van der Waals surface area contributed by atoms with E-state index in [0.29, 0.717) is 0 Å². The minimum Gasteiger partial charge on any atom is -0.310 e. The molecule has 0 bridgehead atoms. The highest BCUT2D eigenvalue weighted by Crippen LogP contribution is 2.62. The quantitative estimate of drug-likeness (QED) is 0.155. The van der Waals surface area contributed by atoms with Crippen LogP contribution in [0.15, 0.2) is 267 Å². The molecule has 1 aliphatic heterocycles. The van der Waals surface area contributed by atoms with E-state index in [4.69, 9.17) is 0 Å². The van der Waals surface area contributed by atoms with Crippen molar-refractivity contribution in [1.82, 2.24) is 4.57 Å². The van der Waals surface area contributed by atoms with Crippen molar-refractivity contribution in [2.24, 2.45) is 0 Å². The summed E-state index contributed by atoms with van der Waals surface area (Å²) in [5, 5.41) is 2.58. The van der Waals surface area contributed by atoms with Gasteiger partial charge in [0.1, 0.15) is 0 Å². The molecule has 2 aliphatic rings. The Balaban J connectivity index is 0.931. The summed E-state index contributed by atoms with van der Waals surface area (Å²) in [5.41, 5.74) is 24.0. The molecule has 1 aliphatic carbocycles. The molecule has 1 unspecified atom stereocenters. The molecule has 69 heavy (non-hydrogen) atoms. The average molecular weight is 877 g/mol. The lowest BCUT2D eigenvalue weighted by atomic mass is 9.65. The van der Waals surface area contributed by atoms with Crippen LogP contribution in [0.2, 0.25) is 0 Å². The smallest absolute Gasteiger partial charge is 0.0754 e. The second-order valence-electron chi connectivity index (χ2n) is 18.3. The molecular formula is C67H44N2. The lowest BCUT2D eigenvalue weighted by molar-refractivity contribution is 0.748. The summed E-state index contributed by atoms with van der Waals surface area (Å²) in [5.74, 6) is 0. The molecule has 12 aromatic rings. The average Bonchev–Trinajstić information content (AvgIpc) is 3.93. The number of nitrogens with zero attached hydrogens (tertiary/aromatic N) is 2. The molecule has 0 fully saturated rings. The molecule has 0 amide bonds. The molecule has 1 spiro atoms. The van der Waals surface area contributed by atoms with Gasteiger partial charge in [0.05, 0.1) is 27.8 Å².